The highest BCUT2D eigenvalue weighted by Gasteiger charge is 2.68. The number of nitrogens with one attached hydrogen (secondary N) is 1. The minimum Gasteiger partial charge on any atom is -0.480 e. The number of aliphatic carboxylic acids is 1. The fraction of sp³-hybridized carbons (Fsp3) is 0.389. The van der Waals surface area contributed by atoms with E-state index in [4.69, 9.17) is 34.8 Å². The van der Waals surface area contributed by atoms with Crippen LogP contribution in [-0.4, -0.2) is 51.6 Å². The number of carbonyl (C=O) groups is 3. The first-order chi connectivity index (χ1) is 13.2. The van der Waals surface area contributed by atoms with Gasteiger partial charge in [0.25, 0.3) is 0 Å². The van der Waals surface area contributed by atoms with Gasteiger partial charge in [0.15, 0.2) is 5.54 Å². The highest BCUT2D eigenvalue weighted by Crippen LogP contribution is 2.50. The Hall–Kier alpha value is -1.64. The third-order valence-electron chi connectivity index (χ3n) is 5.29. The number of nitrogens with zero attached hydrogens (tertiary/aromatic N) is 1. The lowest BCUT2D eigenvalue weighted by molar-refractivity contribution is -0.153. The highest BCUT2D eigenvalue weighted by molar-refractivity contribution is 6.43. The van der Waals surface area contributed by atoms with E-state index >= 15 is 0 Å². The monoisotopic (exact) mass is 446 g/mol. The Morgan fingerprint density at radius 3 is 2.54 bits per heavy atom. The minimum atomic E-state index is -2.04. The van der Waals surface area contributed by atoms with Gasteiger partial charge >= 0.3 is 5.97 Å². The average Bonchev–Trinajstić information content (AvgIpc) is 3.12. The maximum Gasteiger partial charge on any atom is 0.327 e. The summed E-state index contributed by atoms with van der Waals surface area (Å²) in [5.41, 5.74) is -1.75. The molecule has 4 atom stereocenters. The maximum atomic E-state index is 13.0. The van der Waals surface area contributed by atoms with Crippen LogP contribution in [0, 0.1) is 11.8 Å². The molecule has 1 aromatic rings. The number of carboxylic acid groups (broad SMARTS) is 1. The lowest BCUT2D eigenvalue weighted by Crippen LogP contribution is -2.58. The number of fused-ring (bicyclic) bond motifs is 1. The summed E-state index contributed by atoms with van der Waals surface area (Å²) in [6, 6.07) is 1.90. The van der Waals surface area contributed by atoms with E-state index in [9.17, 15) is 24.6 Å². The van der Waals surface area contributed by atoms with Gasteiger partial charge in [0.2, 0.25) is 11.8 Å². The molecule has 0 aromatic heterocycles. The predicted octanol–water partition coefficient (Wildman–Crippen LogP) is 2.28. The zero-order chi connectivity index (χ0) is 20.8. The van der Waals surface area contributed by atoms with Gasteiger partial charge < -0.3 is 10.2 Å². The molecule has 2 fully saturated rings. The first-order valence-electron chi connectivity index (χ1n) is 8.42. The molecule has 4 unspecified atom stereocenters. The number of aliphatic hydroxyl groups excluding tert-OH is 1. The molecular formula is C18H17Cl3N2O5. The van der Waals surface area contributed by atoms with E-state index in [2.05, 4.69) is 11.9 Å². The molecule has 0 saturated carbocycles. The number of hydrogen-bond acceptors (Lipinski definition) is 5. The quantitative estimate of drug-likeness (QED) is 0.351. The molecule has 7 nitrogen and oxygen atoms in total. The van der Waals surface area contributed by atoms with Crippen LogP contribution in [0.15, 0.2) is 24.8 Å². The maximum absolute atomic E-state index is 13.0. The Labute approximate surface area is 175 Å². The van der Waals surface area contributed by atoms with E-state index in [1.54, 1.807) is 6.08 Å². The Bertz CT molecular complexity index is 877. The molecule has 2 amide bonds. The molecule has 0 spiro atoms. The first-order valence-corrected chi connectivity index (χ1v) is 9.55. The fourth-order valence-corrected chi connectivity index (χ4v) is 4.72. The van der Waals surface area contributed by atoms with Crippen molar-refractivity contribution in [2.45, 2.75) is 18.0 Å². The molecule has 2 heterocycles. The SMILES string of the molecule is C=CCCN1C(=O)C2C(c3cc(Cl)cc(Cl)c3Cl)NC(CO)(C(=O)O)C2C1=O. The number of rotatable bonds is 6. The lowest BCUT2D eigenvalue weighted by atomic mass is 9.79. The van der Waals surface area contributed by atoms with Crippen molar-refractivity contribution in [2.75, 3.05) is 13.2 Å². The van der Waals surface area contributed by atoms with Gasteiger partial charge in [-0.2, -0.15) is 0 Å². The molecule has 10 heteroatoms. The van der Waals surface area contributed by atoms with E-state index in [0.717, 1.165) is 4.90 Å². The van der Waals surface area contributed by atoms with Crippen LogP contribution in [0.1, 0.15) is 18.0 Å². The van der Waals surface area contributed by atoms with Gasteiger partial charge in [-0.05, 0) is 24.1 Å². The molecule has 28 heavy (non-hydrogen) atoms. The van der Waals surface area contributed by atoms with Crippen LogP contribution in [0.25, 0.3) is 0 Å². The lowest BCUT2D eigenvalue weighted by Gasteiger charge is -2.29. The highest BCUT2D eigenvalue weighted by atomic mass is 35.5. The number of halogens is 3. The summed E-state index contributed by atoms with van der Waals surface area (Å²) in [6.07, 6.45) is 1.91. The second-order valence-electron chi connectivity index (χ2n) is 6.76. The minimum absolute atomic E-state index is 0.0754. The van der Waals surface area contributed by atoms with E-state index in [1.807, 2.05) is 0 Å². The third-order valence-corrected chi connectivity index (χ3v) is 6.32. The van der Waals surface area contributed by atoms with Gasteiger partial charge in [-0.1, -0.05) is 40.9 Å². The summed E-state index contributed by atoms with van der Waals surface area (Å²) in [6.45, 7) is 2.75. The summed E-state index contributed by atoms with van der Waals surface area (Å²) in [7, 11) is 0. The molecule has 0 radical (unpaired) electrons. The van der Waals surface area contributed by atoms with E-state index in [-0.39, 0.29) is 27.2 Å². The van der Waals surface area contributed by atoms with Crippen molar-refractivity contribution >= 4 is 52.6 Å². The number of benzene rings is 1. The van der Waals surface area contributed by atoms with Crippen molar-refractivity contribution in [3.05, 3.63) is 45.4 Å². The van der Waals surface area contributed by atoms with Crippen molar-refractivity contribution in [2.24, 2.45) is 11.8 Å². The Morgan fingerprint density at radius 2 is 1.96 bits per heavy atom. The summed E-state index contributed by atoms with van der Waals surface area (Å²) in [4.78, 5) is 39.1. The summed E-state index contributed by atoms with van der Waals surface area (Å²) in [5, 5.41) is 22.9. The van der Waals surface area contributed by atoms with Gasteiger partial charge in [-0.3, -0.25) is 24.6 Å². The Kier molecular flexibility index (Phi) is 5.76. The number of imide groups is 1. The molecule has 2 saturated heterocycles. The molecule has 150 valence electrons. The van der Waals surface area contributed by atoms with Crippen LogP contribution in [-0.2, 0) is 14.4 Å². The van der Waals surface area contributed by atoms with Crippen LogP contribution in [0.3, 0.4) is 0 Å². The van der Waals surface area contributed by atoms with Crippen LogP contribution < -0.4 is 5.32 Å². The number of likely N-dealkylation sites (tertiary alicyclic amines) is 1. The molecular weight excluding hydrogens is 431 g/mol. The average molecular weight is 448 g/mol. The standard InChI is InChI=1S/C18H17Cl3N2O5/c1-2-3-4-23-15(25)11-12(16(23)26)18(7-24,17(27)28)22-14(11)9-5-8(19)6-10(20)13(9)21/h2,5-6,11-12,14,22,24H,1,3-4,7H2,(H,27,28). The van der Waals surface area contributed by atoms with Crippen molar-refractivity contribution in [3.63, 3.8) is 0 Å². The summed E-state index contributed by atoms with van der Waals surface area (Å²) < 4.78 is 0. The van der Waals surface area contributed by atoms with Crippen LogP contribution >= 0.6 is 34.8 Å². The Balaban J connectivity index is 2.16. The zero-order valence-electron chi connectivity index (χ0n) is 14.5. The van der Waals surface area contributed by atoms with Gasteiger partial charge in [0.1, 0.15) is 0 Å². The normalized spacial score (nSPS) is 29.3. The number of aliphatic hydroxyl groups is 1. The second-order valence-corrected chi connectivity index (χ2v) is 7.98. The Morgan fingerprint density at radius 1 is 1.29 bits per heavy atom. The molecule has 2 aliphatic heterocycles. The number of hydrogen-bond donors (Lipinski definition) is 3. The number of carbonyl (C=O) groups excluding carboxylic acids is 2. The summed E-state index contributed by atoms with van der Waals surface area (Å²) in [5.74, 6) is -5.02. The van der Waals surface area contributed by atoms with Crippen LogP contribution in [0.4, 0.5) is 0 Å². The smallest absolute Gasteiger partial charge is 0.327 e. The van der Waals surface area contributed by atoms with Crippen LogP contribution in [0.2, 0.25) is 15.1 Å². The summed E-state index contributed by atoms with van der Waals surface area (Å²) >= 11 is 18.4. The largest absolute Gasteiger partial charge is 0.480 e. The predicted molar refractivity (Wildman–Crippen MR) is 103 cm³/mol. The van der Waals surface area contributed by atoms with E-state index in [1.165, 1.54) is 12.1 Å². The molecule has 0 aliphatic carbocycles. The van der Waals surface area contributed by atoms with E-state index in [0.29, 0.717) is 6.42 Å². The van der Waals surface area contributed by atoms with E-state index < -0.39 is 47.8 Å². The van der Waals surface area contributed by atoms with Gasteiger partial charge in [0, 0.05) is 17.6 Å². The third kappa shape index (κ3) is 3.02. The van der Waals surface area contributed by atoms with Gasteiger partial charge in [-0.25, -0.2) is 0 Å². The molecule has 2 aliphatic rings. The number of carboxylic acids is 1. The van der Waals surface area contributed by atoms with Crippen LogP contribution in [0.5, 0.6) is 0 Å². The second kappa shape index (κ2) is 7.65. The van der Waals surface area contributed by atoms with Crippen molar-refractivity contribution < 1.29 is 24.6 Å². The van der Waals surface area contributed by atoms with Gasteiger partial charge in [0.05, 0.1) is 28.5 Å². The van der Waals surface area contributed by atoms with Crippen molar-refractivity contribution in [3.8, 4) is 0 Å². The van der Waals surface area contributed by atoms with Gasteiger partial charge in [-0.15, -0.1) is 6.58 Å². The first kappa shape index (κ1) is 21.1. The zero-order valence-corrected chi connectivity index (χ0v) is 16.8. The topological polar surface area (TPSA) is 107 Å². The molecule has 3 N–H and O–H groups in total. The molecule has 0 bridgehead atoms. The van der Waals surface area contributed by atoms with Crippen molar-refractivity contribution in [1.82, 2.24) is 10.2 Å². The molecule has 3 rings (SSSR count). The fourth-order valence-electron chi connectivity index (χ4n) is 3.98. The van der Waals surface area contributed by atoms with Crippen molar-refractivity contribution in [1.29, 1.82) is 0 Å². The number of amides is 2. The molecule has 1 aromatic carbocycles.